The molecule has 3 aromatic carbocycles. The molecule has 0 amide bonds. The normalized spacial score (nSPS) is 10.6. The number of benzene rings is 3. The van der Waals surface area contributed by atoms with Crippen molar-refractivity contribution >= 4 is 46.6 Å². The number of hydrogen-bond acceptors (Lipinski definition) is 4. The SMILES string of the molecule is COc1ccc(-c2cc(-c3ccccc3)c(C#N)c(SCc3c(Cl)ccc(Cl)c3Cl)n2)cc1. The molecule has 0 unspecified atom stereocenters. The van der Waals surface area contributed by atoms with Crippen LogP contribution in [0.1, 0.15) is 11.1 Å². The summed E-state index contributed by atoms with van der Waals surface area (Å²) in [6, 6.07) is 25.1. The van der Waals surface area contributed by atoms with E-state index < -0.39 is 0 Å². The predicted molar refractivity (Wildman–Crippen MR) is 137 cm³/mol. The molecule has 0 aliphatic rings. The van der Waals surface area contributed by atoms with E-state index in [0.717, 1.165) is 28.1 Å². The molecule has 1 heterocycles. The van der Waals surface area contributed by atoms with Crippen LogP contribution in [0, 0.1) is 11.3 Å². The van der Waals surface area contributed by atoms with Crippen molar-refractivity contribution in [2.24, 2.45) is 0 Å². The number of halogens is 3. The molecule has 0 aliphatic carbocycles. The van der Waals surface area contributed by atoms with Gasteiger partial charge in [-0.3, -0.25) is 0 Å². The van der Waals surface area contributed by atoms with Crippen LogP contribution in [0.4, 0.5) is 0 Å². The summed E-state index contributed by atoms with van der Waals surface area (Å²) in [5.74, 6) is 1.18. The minimum atomic E-state index is 0.407. The van der Waals surface area contributed by atoms with Crippen molar-refractivity contribution < 1.29 is 4.74 Å². The number of pyridine rings is 1. The van der Waals surface area contributed by atoms with E-state index >= 15 is 0 Å². The van der Waals surface area contributed by atoms with E-state index in [2.05, 4.69) is 6.07 Å². The second kappa shape index (κ2) is 10.5. The molecule has 0 aliphatic heterocycles. The van der Waals surface area contributed by atoms with Crippen molar-refractivity contribution in [3.63, 3.8) is 0 Å². The molecule has 0 bridgehead atoms. The van der Waals surface area contributed by atoms with Gasteiger partial charge in [-0.2, -0.15) is 5.26 Å². The van der Waals surface area contributed by atoms with Gasteiger partial charge in [-0.1, -0.05) is 65.1 Å². The fourth-order valence-electron chi connectivity index (χ4n) is 3.33. The van der Waals surface area contributed by atoms with Crippen LogP contribution in [0.5, 0.6) is 5.75 Å². The van der Waals surface area contributed by atoms with E-state index in [0.29, 0.717) is 37.0 Å². The second-order valence-electron chi connectivity index (χ2n) is 7.05. The summed E-state index contributed by atoms with van der Waals surface area (Å²) in [6.07, 6.45) is 0. The Balaban J connectivity index is 1.83. The Kier molecular flexibility index (Phi) is 7.47. The number of rotatable bonds is 6. The lowest BCUT2D eigenvalue weighted by molar-refractivity contribution is 0.415. The minimum Gasteiger partial charge on any atom is -0.497 e. The van der Waals surface area contributed by atoms with Crippen molar-refractivity contribution in [2.75, 3.05) is 7.11 Å². The van der Waals surface area contributed by atoms with E-state index in [-0.39, 0.29) is 0 Å². The minimum absolute atomic E-state index is 0.407. The van der Waals surface area contributed by atoms with Gasteiger partial charge in [0.15, 0.2) is 0 Å². The standard InChI is InChI=1S/C26H17Cl3N2OS/c1-32-18-9-7-17(8-10-18)24-13-19(16-5-3-2-4-6-16)20(14-30)26(31-24)33-15-21-22(27)11-12-23(28)25(21)29/h2-13H,15H2,1H3. The van der Waals surface area contributed by atoms with Gasteiger partial charge in [0.25, 0.3) is 0 Å². The lowest BCUT2D eigenvalue weighted by Crippen LogP contribution is -1.97. The maximum absolute atomic E-state index is 10.0. The fourth-order valence-corrected chi connectivity index (χ4v) is 5.21. The van der Waals surface area contributed by atoms with Gasteiger partial charge in [-0.25, -0.2) is 4.98 Å². The van der Waals surface area contributed by atoms with E-state index in [4.69, 9.17) is 44.5 Å². The Morgan fingerprint density at radius 2 is 1.61 bits per heavy atom. The third kappa shape index (κ3) is 5.13. The first kappa shape index (κ1) is 23.5. The van der Waals surface area contributed by atoms with Gasteiger partial charge in [-0.05, 0) is 48.0 Å². The molecule has 164 valence electrons. The molecule has 7 heteroatoms. The van der Waals surface area contributed by atoms with Crippen LogP contribution in [-0.4, -0.2) is 12.1 Å². The summed E-state index contributed by atoms with van der Waals surface area (Å²) in [5.41, 5.74) is 4.62. The molecule has 0 atom stereocenters. The lowest BCUT2D eigenvalue weighted by atomic mass is 9.99. The number of nitrogens with zero attached hydrogens (tertiary/aromatic N) is 2. The third-order valence-corrected chi connectivity index (χ3v) is 7.26. The molecule has 4 aromatic rings. The molecule has 4 rings (SSSR count). The molecule has 1 aromatic heterocycles. The van der Waals surface area contributed by atoms with Crippen LogP contribution in [-0.2, 0) is 5.75 Å². The Labute approximate surface area is 211 Å². The summed E-state index contributed by atoms with van der Waals surface area (Å²) in [6.45, 7) is 0. The van der Waals surface area contributed by atoms with E-state index in [1.54, 1.807) is 19.2 Å². The Hall–Kier alpha value is -2.68. The topological polar surface area (TPSA) is 45.9 Å². The number of ether oxygens (including phenoxy) is 1. The molecule has 0 N–H and O–H groups in total. The smallest absolute Gasteiger partial charge is 0.118 e. The van der Waals surface area contributed by atoms with Gasteiger partial charge in [0, 0.05) is 27.5 Å². The van der Waals surface area contributed by atoms with Crippen molar-refractivity contribution in [2.45, 2.75) is 10.8 Å². The quantitative estimate of drug-likeness (QED) is 0.192. The van der Waals surface area contributed by atoms with Gasteiger partial charge in [0.1, 0.15) is 16.8 Å². The lowest BCUT2D eigenvalue weighted by Gasteiger charge is -2.14. The highest BCUT2D eigenvalue weighted by molar-refractivity contribution is 7.98. The zero-order valence-electron chi connectivity index (χ0n) is 17.5. The summed E-state index contributed by atoms with van der Waals surface area (Å²) >= 11 is 20.3. The molecule has 0 saturated carbocycles. The Morgan fingerprint density at radius 1 is 0.909 bits per heavy atom. The van der Waals surface area contributed by atoms with Crippen LogP contribution in [0.25, 0.3) is 22.4 Å². The first-order valence-electron chi connectivity index (χ1n) is 9.92. The van der Waals surface area contributed by atoms with Crippen molar-refractivity contribution in [3.05, 3.63) is 99.0 Å². The van der Waals surface area contributed by atoms with Gasteiger partial charge in [-0.15, -0.1) is 11.8 Å². The molecular formula is C26H17Cl3N2OS. The number of hydrogen-bond donors (Lipinski definition) is 0. The molecule has 0 radical (unpaired) electrons. The number of methoxy groups -OCH3 is 1. The summed E-state index contributed by atoms with van der Waals surface area (Å²) in [7, 11) is 1.63. The third-order valence-electron chi connectivity index (χ3n) is 5.06. The Morgan fingerprint density at radius 3 is 2.27 bits per heavy atom. The van der Waals surface area contributed by atoms with Crippen LogP contribution in [0.3, 0.4) is 0 Å². The zero-order valence-corrected chi connectivity index (χ0v) is 20.6. The Bertz CT molecular complexity index is 1340. The van der Waals surface area contributed by atoms with Gasteiger partial charge in [0.05, 0.1) is 28.4 Å². The average molecular weight is 512 g/mol. The zero-order chi connectivity index (χ0) is 23.4. The van der Waals surface area contributed by atoms with Gasteiger partial charge < -0.3 is 4.74 Å². The predicted octanol–water partition coefficient (Wildman–Crippen LogP) is 8.55. The van der Waals surface area contributed by atoms with Crippen LogP contribution in [0.15, 0.2) is 77.8 Å². The summed E-state index contributed by atoms with van der Waals surface area (Å²) < 4.78 is 5.27. The maximum atomic E-state index is 10.0. The van der Waals surface area contributed by atoms with E-state index in [1.807, 2.05) is 60.7 Å². The average Bonchev–Trinajstić information content (AvgIpc) is 2.86. The summed E-state index contributed by atoms with van der Waals surface area (Å²) in [5, 5.41) is 12.0. The monoisotopic (exact) mass is 510 g/mol. The molecule has 0 spiro atoms. The van der Waals surface area contributed by atoms with Crippen LogP contribution >= 0.6 is 46.6 Å². The fraction of sp³-hybridized carbons (Fsp3) is 0.0769. The summed E-state index contributed by atoms with van der Waals surface area (Å²) in [4.78, 5) is 4.83. The number of nitriles is 1. The van der Waals surface area contributed by atoms with Crippen LogP contribution < -0.4 is 4.74 Å². The first-order chi connectivity index (χ1) is 16.0. The van der Waals surface area contributed by atoms with E-state index in [1.165, 1.54) is 11.8 Å². The molecule has 0 fully saturated rings. The highest BCUT2D eigenvalue weighted by atomic mass is 35.5. The van der Waals surface area contributed by atoms with Crippen molar-refractivity contribution in [1.82, 2.24) is 4.98 Å². The molecule has 33 heavy (non-hydrogen) atoms. The molecule has 0 saturated heterocycles. The van der Waals surface area contributed by atoms with Gasteiger partial charge >= 0.3 is 0 Å². The van der Waals surface area contributed by atoms with Crippen molar-refractivity contribution in [1.29, 1.82) is 5.26 Å². The number of thioether (sulfide) groups is 1. The largest absolute Gasteiger partial charge is 0.497 e. The second-order valence-corrected chi connectivity index (χ2v) is 9.21. The van der Waals surface area contributed by atoms with Gasteiger partial charge in [0.2, 0.25) is 0 Å². The highest BCUT2D eigenvalue weighted by Gasteiger charge is 2.18. The highest BCUT2D eigenvalue weighted by Crippen LogP contribution is 2.39. The number of aromatic nitrogens is 1. The maximum Gasteiger partial charge on any atom is 0.118 e. The first-order valence-corrected chi connectivity index (χ1v) is 12.0. The molecular weight excluding hydrogens is 495 g/mol. The van der Waals surface area contributed by atoms with Crippen LogP contribution in [0.2, 0.25) is 15.1 Å². The van der Waals surface area contributed by atoms with E-state index in [9.17, 15) is 5.26 Å². The van der Waals surface area contributed by atoms with Crippen molar-refractivity contribution in [3.8, 4) is 34.2 Å². The molecule has 3 nitrogen and oxygen atoms in total.